The molecule has 3 saturated heterocycles. The molecule has 242 valence electrons. The molecule has 5 aliphatic rings. The van der Waals surface area contributed by atoms with Gasteiger partial charge in [-0.3, -0.25) is 34.1 Å². The van der Waals surface area contributed by atoms with E-state index in [0.717, 1.165) is 38.0 Å². The van der Waals surface area contributed by atoms with Crippen LogP contribution in [0.4, 0.5) is 0 Å². The Kier molecular flexibility index (Phi) is 7.27. The number of hydrogen-bond acceptors (Lipinski definition) is 8. The van der Waals surface area contributed by atoms with Crippen molar-refractivity contribution in [2.45, 2.75) is 83.1 Å². The summed E-state index contributed by atoms with van der Waals surface area (Å²) < 4.78 is 7.41. The van der Waals surface area contributed by atoms with Crippen LogP contribution in [0, 0.1) is 17.8 Å². The molecule has 3 fully saturated rings. The van der Waals surface area contributed by atoms with Crippen molar-refractivity contribution in [2.75, 3.05) is 20.1 Å². The lowest BCUT2D eigenvalue weighted by molar-refractivity contribution is -0.472. The van der Waals surface area contributed by atoms with E-state index in [1.165, 1.54) is 5.56 Å². The molecule has 0 unspecified atom stereocenters. The first-order valence-electron chi connectivity index (χ1n) is 15.8. The van der Waals surface area contributed by atoms with Crippen LogP contribution in [-0.4, -0.2) is 103 Å². The number of rotatable bonds is 6. The van der Waals surface area contributed by atoms with E-state index < -0.39 is 47.4 Å². The number of benzene rings is 1. The number of halogens is 1. The number of hydrogen-bond donors (Lipinski definition) is 3. The largest absolute Gasteiger partial charge is 0.349 e. The van der Waals surface area contributed by atoms with Crippen molar-refractivity contribution < 1.29 is 34.5 Å². The van der Waals surface area contributed by atoms with Gasteiger partial charge in [0.25, 0.3) is 17.5 Å². The van der Waals surface area contributed by atoms with Gasteiger partial charge in [-0.2, -0.15) is 9.95 Å². The standard InChI is InChI=1S/C32H40BrN5O7/c1-16(2)12-24-29(40)36-11-7-10-25(36)32(45-43)37(24)30(41)31(44-32,17(3)4)38(42)28(39)18-13-20-19-8-6-9-22-26(19)21(27(33)34-22)14-23(20)35(5)15-18/h6,8-9,13,16-18,23-25,34,42-43H,7,10-12,14-15H2,1-5H3/t18-,23-,24+,25+,31-,32+/m1/s1. The summed E-state index contributed by atoms with van der Waals surface area (Å²) in [6.07, 6.45) is 3.99. The van der Waals surface area contributed by atoms with Crippen LogP contribution in [0.5, 0.6) is 0 Å². The molecule has 0 bridgehead atoms. The molecular weight excluding hydrogens is 646 g/mol. The number of H-pyrrole nitrogens is 1. The minimum absolute atomic E-state index is 0.0154. The molecule has 3 amide bonds. The van der Waals surface area contributed by atoms with Gasteiger partial charge in [0.15, 0.2) is 0 Å². The summed E-state index contributed by atoms with van der Waals surface area (Å²) in [7, 11) is 1.95. The minimum Gasteiger partial charge on any atom is -0.349 e. The summed E-state index contributed by atoms with van der Waals surface area (Å²) in [6, 6.07) is 4.26. The summed E-state index contributed by atoms with van der Waals surface area (Å²) >= 11 is 3.68. The molecule has 0 saturated carbocycles. The second-order valence-electron chi connectivity index (χ2n) is 13.9. The summed E-state index contributed by atoms with van der Waals surface area (Å²) in [5, 5.41) is 23.9. The predicted octanol–water partition coefficient (Wildman–Crippen LogP) is 3.79. The van der Waals surface area contributed by atoms with Crippen LogP contribution in [0.2, 0.25) is 0 Å². The number of fused-ring (bicyclic) bond motifs is 5. The third kappa shape index (κ3) is 4.10. The zero-order valence-electron chi connectivity index (χ0n) is 26.1. The number of nitrogens with zero attached hydrogens (tertiary/aromatic N) is 4. The molecule has 0 spiro atoms. The normalized spacial score (nSPS) is 32.8. The van der Waals surface area contributed by atoms with Crippen molar-refractivity contribution in [3.05, 3.63) is 40.0 Å². The van der Waals surface area contributed by atoms with Gasteiger partial charge in [-0.05, 0) is 77.3 Å². The third-order valence-electron chi connectivity index (χ3n) is 10.5. The molecule has 6 atom stereocenters. The van der Waals surface area contributed by atoms with Gasteiger partial charge < -0.3 is 9.88 Å². The molecule has 5 heterocycles. The van der Waals surface area contributed by atoms with Gasteiger partial charge in [-0.1, -0.05) is 45.9 Å². The number of likely N-dealkylation sites (N-methyl/N-ethyl adjacent to an activating group) is 1. The van der Waals surface area contributed by atoms with Crippen molar-refractivity contribution in [1.82, 2.24) is 24.7 Å². The fraction of sp³-hybridized carbons (Fsp3) is 0.594. The van der Waals surface area contributed by atoms with E-state index in [4.69, 9.17) is 9.62 Å². The lowest BCUT2D eigenvalue weighted by Crippen LogP contribution is -2.72. The number of carbonyl (C=O) groups is 3. The van der Waals surface area contributed by atoms with E-state index in [0.29, 0.717) is 37.4 Å². The number of carbonyl (C=O) groups excluding carboxylic acids is 3. The topological polar surface area (TPSA) is 139 Å². The Morgan fingerprint density at radius 3 is 2.71 bits per heavy atom. The van der Waals surface area contributed by atoms with E-state index in [-0.39, 0.29) is 17.9 Å². The Balaban J connectivity index is 1.29. The second kappa shape index (κ2) is 10.6. The average molecular weight is 687 g/mol. The maximum Gasteiger partial charge on any atom is 0.307 e. The monoisotopic (exact) mass is 685 g/mol. The van der Waals surface area contributed by atoms with Crippen molar-refractivity contribution in [3.63, 3.8) is 0 Å². The molecule has 0 radical (unpaired) electrons. The van der Waals surface area contributed by atoms with Crippen LogP contribution in [0.3, 0.4) is 0 Å². The van der Waals surface area contributed by atoms with Crippen LogP contribution >= 0.6 is 15.9 Å². The summed E-state index contributed by atoms with van der Waals surface area (Å²) in [5.74, 6) is -5.39. The number of aromatic amines is 1. The fourth-order valence-corrected chi connectivity index (χ4v) is 8.99. The first-order chi connectivity index (χ1) is 21.4. The van der Waals surface area contributed by atoms with Crippen molar-refractivity contribution in [2.24, 2.45) is 17.8 Å². The van der Waals surface area contributed by atoms with Gasteiger partial charge >= 0.3 is 5.91 Å². The predicted molar refractivity (Wildman–Crippen MR) is 166 cm³/mol. The molecule has 12 nitrogen and oxygen atoms in total. The number of aromatic nitrogens is 1. The van der Waals surface area contributed by atoms with Gasteiger partial charge in [0, 0.05) is 36.0 Å². The van der Waals surface area contributed by atoms with Crippen molar-refractivity contribution in [1.29, 1.82) is 0 Å². The number of ether oxygens (including phenoxy) is 1. The van der Waals surface area contributed by atoms with Gasteiger partial charge in [0.2, 0.25) is 5.91 Å². The Hall–Kier alpha value is -2.81. The Labute approximate surface area is 269 Å². The zero-order chi connectivity index (χ0) is 32.2. The van der Waals surface area contributed by atoms with Gasteiger partial charge in [0.05, 0.1) is 10.5 Å². The minimum atomic E-state index is -2.24. The first-order valence-corrected chi connectivity index (χ1v) is 16.6. The Morgan fingerprint density at radius 1 is 1.27 bits per heavy atom. The zero-order valence-corrected chi connectivity index (χ0v) is 27.7. The molecule has 1 aliphatic carbocycles. The Bertz CT molecular complexity index is 1620. The molecule has 3 N–H and O–H groups in total. The molecule has 1 aromatic heterocycles. The molecule has 4 aliphatic heterocycles. The van der Waals surface area contributed by atoms with E-state index in [9.17, 15) is 24.8 Å². The van der Waals surface area contributed by atoms with Crippen LogP contribution in [0.1, 0.15) is 58.1 Å². The maximum atomic E-state index is 14.6. The fourth-order valence-electron chi connectivity index (χ4n) is 8.42. The SMILES string of the molecule is CC(C)C[C@H]1C(=O)N2CCC[C@H]2[C@@]2(OO)O[C@@](C(C)C)(N(O)C(=O)[C@@H]3C=C4c5cccc6[nH]c(Br)c(c56)C[C@H]4N(C)C3)C(=O)N12. The number of piperazine rings is 1. The summed E-state index contributed by atoms with van der Waals surface area (Å²) in [5.41, 5.74) is 1.93. The number of hydroxylamine groups is 2. The van der Waals surface area contributed by atoms with Crippen LogP contribution < -0.4 is 0 Å². The van der Waals surface area contributed by atoms with Crippen LogP contribution in [0.15, 0.2) is 28.9 Å². The highest BCUT2D eigenvalue weighted by atomic mass is 79.9. The highest BCUT2D eigenvalue weighted by molar-refractivity contribution is 9.10. The quantitative estimate of drug-likeness (QED) is 0.237. The lowest BCUT2D eigenvalue weighted by atomic mass is 9.79. The first kappa shape index (κ1) is 30.8. The Morgan fingerprint density at radius 2 is 2.02 bits per heavy atom. The van der Waals surface area contributed by atoms with E-state index in [2.05, 4.69) is 25.8 Å². The molecule has 45 heavy (non-hydrogen) atoms. The van der Waals surface area contributed by atoms with Gasteiger partial charge in [-0.25, -0.2) is 5.26 Å². The highest BCUT2D eigenvalue weighted by Gasteiger charge is 2.75. The molecule has 2 aromatic rings. The molecule has 7 rings (SSSR count). The van der Waals surface area contributed by atoms with Gasteiger partial charge in [0.1, 0.15) is 12.1 Å². The molecular formula is C32H40BrN5O7. The number of amides is 3. The summed E-state index contributed by atoms with van der Waals surface area (Å²) in [4.78, 5) is 56.1. The summed E-state index contributed by atoms with van der Waals surface area (Å²) in [6.45, 7) is 7.93. The van der Waals surface area contributed by atoms with Crippen LogP contribution in [-0.2, 0) is 30.4 Å². The average Bonchev–Trinajstić information content (AvgIpc) is 3.70. The van der Waals surface area contributed by atoms with E-state index in [1.807, 2.05) is 45.2 Å². The third-order valence-corrected chi connectivity index (χ3v) is 11.2. The molecule has 13 heteroatoms. The molecule has 1 aromatic carbocycles. The van der Waals surface area contributed by atoms with Crippen LogP contribution in [0.25, 0.3) is 16.5 Å². The smallest absolute Gasteiger partial charge is 0.307 e. The van der Waals surface area contributed by atoms with Crippen molar-refractivity contribution in [3.8, 4) is 0 Å². The van der Waals surface area contributed by atoms with Crippen molar-refractivity contribution >= 4 is 50.1 Å². The lowest BCUT2D eigenvalue weighted by Gasteiger charge is -2.49. The van der Waals surface area contributed by atoms with E-state index >= 15 is 0 Å². The second-order valence-corrected chi connectivity index (χ2v) is 14.7. The van der Waals surface area contributed by atoms with Gasteiger partial charge in [-0.15, -0.1) is 0 Å². The van der Waals surface area contributed by atoms with E-state index in [1.54, 1.807) is 18.7 Å². The number of nitrogens with one attached hydrogen (secondary N) is 1. The maximum absolute atomic E-state index is 14.6. The highest BCUT2D eigenvalue weighted by Crippen LogP contribution is 2.52.